The minimum Gasteiger partial charge on any atom is -0.322 e. The molecule has 3 amide bonds. The Balaban J connectivity index is 2.05. The Kier molecular flexibility index (Phi) is 5.32. The number of nitrogens with zero attached hydrogens (tertiary/aromatic N) is 4. The highest BCUT2D eigenvalue weighted by Crippen LogP contribution is 2.21. The van der Waals surface area contributed by atoms with Gasteiger partial charge in [0.05, 0.1) is 6.67 Å². The molecule has 0 saturated carbocycles. The van der Waals surface area contributed by atoms with E-state index in [9.17, 15) is 14.4 Å². The van der Waals surface area contributed by atoms with Crippen LogP contribution in [-0.4, -0.2) is 77.3 Å². The van der Waals surface area contributed by atoms with E-state index < -0.39 is 6.04 Å². The van der Waals surface area contributed by atoms with Gasteiger partial charge >= 0.3 is 0 Å². The lowest BCUT2D eigenvalue weighted by atomic mass is 10.3. The van der Waals surface area contributed by atoms with Gasteiger partial charge in [0.15, 0.2) is 5.13 Å². The number of thiazole rings is 1. The van der Waals surface area contributed by atoms with Crippen LogP contribution in [0.3, 0.4) is 0 Å². The highest BCUT2D eigenvalue weighted by atomic mass is 32.1. The number of anilines is 1. The van der Waals surface area contributed by atoms with Crippen LogP contribution in [0.2, 0.25) is 0 Å². The van der Waals surface area contributed by atoms with Crippen molar-refractivity contribution in [1.82, 2.24) is 19.7 Å². The molecule has 1 atom stereocenters. The van der Waals surface area contributed by atoms with Crippen LogP contribution in [0, 0.1) is 0 Å². The molecule has 1 saturated heterocycles. The molecule has 0 bridgehead atoms. The van der Waals surface area contributed by atoms with Crippen LogP contribution in [0.25, 0.3) is 0 Å². The molecule has 0 radical (unpaired) electrons. The zero-order valence-corrected chi connectivity index (χ0v) is 14.5. The second kappa shape index (κ2) is 7.05. The van der Waals surface area contributed by atoms with Crippen molar-refractivity contribution in [2.45, 2.75) is 19.9 Å². The van der Waals surface area contributed by atoms with E-state index in [4.69, 9.17) is 0 Å². The SMILES string of the molecule is CC(=O)Nc1nc(C(=O)N2CN(CCN(C)C)C(=O)C2C)cs1. The van der Waals surface area contributed by atoms with Crippen molar-refractivity contribution in [2.24, 2.45) is 0 Å². The summed E-state index contributed by atoms with van der Waals surface area (Å²) in [7, 11) is 3.87. The van der Waals surface area contributed by atoms with Gasteiger partial charge in [-0.15, -0.1) is 11.3 Å². The molecule has 0 spiro atoms. The van der Waals surface area contributed by atoms with Gasteiger partial charge in [-0.1, -0.05) is 0 Å². The Bertz CT molecular complexity index is 615. The molecule has 23 heavy (non-hydrogen) atoms. The second-order valence-corrected chi connectivity index (χ2v) is 6.57. The maximum atomic E-state index is 12.6. The number of aromatic nitrogens is 1. The molecule has 9 heteroatoms. The van der Waals surface area contributed by atoms with Crippen molar-refractivity contribution in [3.8, 4) is 0 Å². The summed E-state index contributed by atoms with van der Waals surface area (Å²) in [5, 5.41) is 4.52. The van der Waals surface area contributed by atoms with Gasteiger partial charge in [-0.25, -0.2) is 4.98 Å². The van der Waals surface area contributed by atoms with Crippen LogP contribution < -0.4 is 5.32 Å². The van der Waals surface area contributed by atoms with Gasteiger partial charge in [0.25, 0.3) is 5.91 Å². The van der Waals surface area contributed by atoms with Crippen LogP contribution in [0.5, 0.6) is 0 Å². The first-order valence-corrected chi connectivity index (χ1v) is 8.15. The largest absolute Gasteiger partial charge is 0.322 e. The van der Waals surface area contributed by atoms with Gasteiger partial charge in [0.2, 0.25) is 11.8 Å². The standard InChI is InChI=1S/C14H21N5O3S/c1-9-12(21)18(6-5-17(3)4)8-19(9)13(22)11-7-23-14(16-11)15-10(2)20/h7,9H,5-6,8H2,1-4H3,(H,15,16,20). The number of carbonyl (C=O) groups excluding carboxylic acids is 3. The summed E-state index contributed by atoms with van der Waals surface area (Å²) >= 11 is 1.19. The van der Waals surface area contributed by atoms with E-state index in [0.29, 0.717) is 11.7 Å². The molecule has 1 unspecified atom stereocenters. The Morgan fingerprint density at radius 3 is 2.78 bits per heavy atom. The van der Waals surface area contributed by atoms with Crippen molar-refractivity contribution in [1.29, 1.82) is 0 Å². The average molecular weight is 339 g/mol. The summed E-state index contributed by atoms with van der Waals surface area (Å²) in [6.07, 6.45) is 0. The second-order valence-electron chi connectivity index (χ2n) is 5.72. The van der Waals surface area contributed by atoms with Crippen molar-refractivity contribution in [2.75, 3.05) is 39.2 Å². The van der Waals surface area contributed by atoms with Gasteiger partial charge in [-0.3, -0.25) is 14.4 Å². The van der Waals surface area contributed by atoms with Crippen molar-refractivity contribution >= 4 is 34.2 Å². The number of rotatable bonds is 5. The highest BCUT2D eigenvalue weighted by Gasteiger charge is 2.38. The topological polar surface area (TPSA) is 85.8 Å². The normalized spacial score (nSPS) is 18.0. The van der Waals surface area contributed by atoms with Crippen LogP contribution in [0.1, 0.15) is 24.3 Å². The number of likely N-dealkylation sites (N-methyl/N-ethyl adjacent to an activating group) is 1. The lowest BCUT2D eigenvalue weighted by Crippen LogP contribution is -2.36. The molecule has 1 fully saturated rings. The quantitative estimate of drug-likeness (QED) is 0.833. The molecule has 2 heterocycles. The molecule has 2 rings (SSSR count). The van der Waals surface area contributed by atoms with E-state index in [0.717, 1.165) is 6.54 Å². The fraction of sp³-hybridized carbons (Fsp3) is 0.571. The van der Waals surface area contributed by atoms with E-state index in [2.05, 4.69) is 10.3 Å². The smallest absolute Gasteiger partial charge is 0.275 e. The van der Waals surface area contributed by atoms with E-state index in [1.165, 1.54) is 23.2 Å². The Morgan fingerprint density at radius 2 is 2.17 bits per heavy atom. The summed E-state index contributed by atoms with van der Waals surface area (Å²) in [5.74, 6) is -0.596. The van der Waals surface area contributed by atoms with Gasteiger partial charge < -0.3 is 20.0 Å². The average Bonchev–Trinajstić information content (AvgIpc) is 3.03. The van der Waals surface area contributed by atoms with Gasteiger partial charge in [-0.2, -0.15) is 0 Å². The van der Waals surface area contributed by atoms with Crippen molar-refractivity contribution < 1.29 is 14.4 Å². The molecule has 126 valence electrons. The minimum absolute atomic E-state index is 0.0579. The number of carbonyl (C=O) groups is 3. The summed E-state index contributed by atoms with van der Waals surface area (Å²) in [6, 6.07) is -0.504. The number of hydrogen-bond donors (Lipinski definition) is 1. The molecule has 8 nitrogen and oxygen atoms in total. The minimum atomic E-state index is -0.504. The number of nitrogens with one attached hydrogen (secondary N) is 1. The van der Waals surface area contributed by atoms with E-state index in [1.807, 2.05) is 19.0 Å². The fourth-order valence-electron chi connectivity index (χ4n) is 2.24. The first kappa shape index (κ1) is 17.4. The number of amides is 3. The maximum Gasteiger partial charge on any atom is 0.275 e. The third-order valence-electron chi connectivity index (χ3n) is 3.54. The summed E-state index contributed by atoms with van der Waals surface area (Å²) in [4.78, 5) is 45.1. The molecular formula is C14H21N5O3S. The fourth-order valence-corrected chi connectivity index (χ4v) is 2.97. The molecule has 1 N–H and O–H groups in total. The molecule has 1 aromatic rings. The lowest BCUT2D eigenvalue weighted by Gasteiger charge is -2.20. The van der Waals surface area contributed by atoms with E-state index >= 15 is 0 Å². The van der Waals surface area contributed by atoms with Gasteiger partial charge in [0.1, 0.15) is 11.7 Å². The molecule has 0 aromatic carbocycles. The van der Waals surface area contributed by atoms with Crippen LogP contribution >= 0.6 is 11.3 Å². The molecule has 1 aliphatic rings. The summed E-state index contributed by atoms with van der Waals surface area (Å²) in [5.41, 5.74) is 0.243. The maximum absolute atomic E-state index is 12.6. The van der Waals surface area contributed by atoms with Crippen molar-refractivity contribution in [3.05, 3.63) is 11.1 Å². The van der Waals surface area contributed by atoms with Crippen molar-refractivity contribution in [3.63, 3.8) is 0 Å². The Hall–Kier alpha value is -2.00. The highest BCUT2D eigenvalue weighted by molar-refractivity contribution is 7.14. The van der Waals surface area contributed by atoms with Crippen LogP contribution in [-0.2, 0) is 9.59 Å². The first-order valence-electron chi connectivity index (χ1n) is 7.27. The predicted octanol–water partition coefficient (Wildman–Crippen LogP) is 0.294. The van der Waals surface area contributed by atoms with E-state index in [1.54, 1.807) is 17.2 Å². The molecule has 1 aromatic heterocycles. The monoisotopic (exact) mass is 339 g/mol. The Morgan fingerprint density at radius 1 is 1.48 bits per heavy atom. The van der Waals surface area contributed by atoms with Crippen LogP contribution in [0.4, 0.5) is 5.13 Å². The first-order chi connectivity index (χ1) is 10.8. The van der Waals surface area contributed by atoms with Crippen LogP contribution in [0.15, 0.2) is 5.38 Å². The van der Waals surface area contributed by atoms with Gasteiger partial charge in [0, 0.05) is 25.4 Å². The predicted molar refractivity (Wildman–Crippen MR) is 87.2 cm³/mol. The van der Waals surface area contributed by atoms with E-state index in [-0.39, 0.29) is 30.1 Å². The lowest BCUT2D eigenvalue weighted by molar-refractivity contribution is -0.128. The zero-order chi connectivity index (χ0) is 17.1. The molecule has 1 aliphatic heterocycles. The third kappa shape index (κ3) is 4.05. The number of hydrogen-bond acceptors (Lipinski definition) is 6. The molecule has 0 aliphatic carbocycles. The molecular weight excluding hydrogens is 318 g/mol. The van der Waals surface area contributed by atoms with Gasteiger partial charge in [-0.05, 0) is 21.0 Å². The Labute approximate surface area is 139 Å². The summed E-state index contributed by atoms with van der Waals surface area (Å²) in [6.45, 7) is 4.68. The third-order valence-corrected chi connectivity index (χ3v) is 4.30. The zero-order valence-electron chi connectivity index (χ0n) is 13.7. The summed E-state index contributed by atoms with van der Waals surface area (Å²) < 4.78 is 0.